The maximum absolute atomic E-state index is 9.47. The summed E-state index contributed by atoms with van der Waals surface area (Å²) in [6.45, 7) is 9.01. The largest absolute Gasteiger partial charge is 0.508 e. The first-order chi connectivity index (χ1) is 12.3. The molecule has 25 heavy (non-hydrogen) atoms. The van der Waals surface area contributed by atoms with Crippen LogP contribution in [0.3, 0.4) is 0 Å². The summed E-state index contributed by atoms with van der Waals surface area (Å²) in [6, 6.07) is 7.31. The van der Waals surface area contributed by atoms with Crippen LogP contribution in [0.4, 0.5) is 0 Å². The maximum atomic E-state index is 9.47. The fourth-order valence-electron chi connectivity index (χ4n) is 2.17. The highest BCUT2D eigenvalue weighted by Gasteiger charge is 1.99. The van der Waals surface area contributed by atoms with Crippen molar-refractivity contribution in [1.29, 1.82) is 0 Å². The number of phenols is 1. The number of benzene rings is 1. The Balaban J connectivity index is 2.16. The molecule has 0 aliphatic carbocycles. The minimum absolute atomic E-state index is 0.300. The third-order valence-corrected chi connectivity index (χ3v) is 3.48. The molecule has 1 aromatic carbocycles. The highest BCUT2D eigenvalue weighted by molar-refractivity contribution is 5.79. The molecule has 0 heterocycles. The van der Waals surface area contributed by atoms with Gasteiger partial charge in [0.15, 0.2) is 5.96 Å². The Morgan fingerprint density at radius 1 is 1.08 bits per heavy atom. The lowest BCUT2D eigenvalue weighted by atomic mass is 10.1. The summed E-state index contributed by atoms with van der Waals surface area (Å²) >= 11 is 0. The second kappa shape index (κ2) is 14.5. The Morgan fingerprint density at radius 3 is 2.60 bits per heavy atom. The highest BCUT2D eigenvalue weighted by atomic mass is 16.5. The fourth-order valence-corrected chi connectivity index (χ4v) is 2.17. The number of aliphatic imine (C=N–C) groups is 1. The lowest BCUT2D eigenvalue weighted by Crippen LogP contribution is -2.38. The predicted octanol–water partition coefficient (Wildman–Crippen LogP) is 2.32. The third-order valence-electron chi connectivity index (χ3n) is 3.48. The molecule has 0 aromatic heterocycles. The van der Waals surface area contributed by atoms with Crippen molar-refractivity contribution in [2.45, 2.75) is 33.1 Å². The van der Waals surface area contributed by atoms with Crippen LogP contribution < -0.4 is 10.6 Å². The molecule has 0 amide bonds. The van der Waals surface area contributed by atoms with Gasteiger partial charge in [-0.25, -0.2) is 0 Å². The summed E-state index contributed by atoms with van der Waals surface area (Å²) in [5.41, 5.74) is 1.09. The first kappa shape index (κ1) is 21.3. The number of nitrogens with zero attached hydrogens (tertiary/aromatic N) is 1. The topological polar surface area (TPSA) is 75.1 Å². The molecule has 1 aromatic rings. The van der Waals surface area contributed by atoms with Gasteiger partial charge in [0.1, 0.15) is 5.75 Å². The van der Waals surface area contributed by atoms with E-state index in [9.17, 15) is 5.11 Å². The summed E-state index contributed by atoms with van der Waals surface area (Å²) < 4.78 is 11.0. The number of ether oxygens (including phenoxy) is 2. The van der Waals surface area contributed by atoms with E-state index >= 15 is 0 Å². The normalized spacial score (nSPS) is 11.5. The number of phenolic OH excluding ortho intramolecular Hbond substituents is 1. The molecule has 0 spiro atoms. The lowest BCUT2D eigenvalue weighted by molar-refractivity contribution is 0.0497. The van der Waals surface area contributed by atoms with Crippen molar-refractivity contribution in [1.82, 2.24) is 10.6 Å². The molecular formula is C19H33N3O3. The summed E-state index contributed by atoms with van der Waals surface area (Å²) in [7, 11) is 0. The Kier molecular flexibility index (Phi) is 12.4. The van der Waals surface area contributed by atoms with Gasteiger partial charge in [0.05, 0.1) is 26.4 Å². The molecule has 6 nitrogen and oxygen atoms in total. The molecule has 0 aliphatic rings. The lowest BCUT2D eigenvalue weighted by Gasteiger charge is -2.11. The van der Waals surface area contributed by atoms with Crippen molar-refractivity contribution in [3.05, 3.63) is 29.8 Å². The zero-order chi connectivity index (χ0) is 18.2. The van der Waals surface area contributed by atoms with Crippen molar-refractivity contribution in [2.24, 2.45) is 4.99 Å². The molecule has 0 saturated carbocycles. The molecule has 0 bridgehead atoms. The van der Waals surface area contributed by atoms with Gasteiger partial charge < -0.3 is 25.2 Å². The van der Waals surface area contributed by atoms with Gasteiger partial charge in [0.25, 0.3) is 0 Å². The second-order valence-electron chi connectivity index (χ2n) is 5.69. The van der Waals surface area contributed by atoms with Gasteiger partial charge in [-0.15, -0.1) is 0 Å². The van der Waals surface area contributed by atoms with Crippen molar-refractivity contribution in [3.63, 3.8) is 0 Å². The maximum Gasteiger partial charge on any atom is 0.191 e. The Bertz CT molecular complexity index is 481. The Hall–Kier alpha value is -1.79. The second-order valence-corrected chi connectivity index (χ2v) is 5.69. The summed E-state index contributed by atoms with van der Waals surface area (Å²) in [5, 5.41) is 16.0. The molecule has 1 rings (SSSR count). The Morgan fingerprint density at radius 2 is 1.88 bits per heavy atom. The van der Waals surface area contributed by atoms with Crippen LogP contribution in [0.15, 0.2) is 29.3 Å². The van der Waals surface area contributed by atoms with Gasteiger partial charge in [0, 0.05) is 19.7 Å². The molecule has 6 heteroatoms. The molecule has 142 valence electrons. The van der Waals surface area contributed by atoms with E-state index in [2.05, 4.69) is 22.5 Å². The quantitative estimate of drug-likeness (QED) is 0.289. The van der Waals surface area contributed by atoms with E-state index in [4.69, 9.17) is 9.47 Å². The zero-order valence-corrected chi connectivity index (χ0v) is 15.6. The van der Waals surface area contributed by atoms with Gasteiger partial charge in [-0.3, -0.25) is 4.99 Å². The van der Waals surface area contributed by atoms with Gasteiger partial charge in [-0.2, -0.15) is 0 Å². The van der Waals surface area contributed by atoms with E-state index < -0.39 is 0 Å². The van der Waals surface area contributed by atoms with Crippen LogP contribution in [0.2, 0.25) is 0 Å². The summed E-state index contributed by atoms with van der Waals surface area (Å²) in [6.07, 6.45) is 3.08. The average Bonchev–Trinajstić information content (AvgIpc) is 2.60. The van der Waals surface area contributed by atoms with Crippen molar-refractivity contribution in [2.75, 3.05) is 46.1 Å². The predicted molar refractivity (Wildman–Crippen MR) is 102 cm³/mol. The van der Waals surface area contributed by atoms with Crippen molar-refractivity contribution < 1.29 is 14.6 Å². The number of hydrogen-bond acceptors (Lipinski definition) is 4. The number of hydrogen-bond donors (Lipinski definition) is 3. The third kappa shape index (κ3) is 11.4. The number of guanidine groups is 1. The van der Waals surface area contributed by atoms with Crippen LogP contribution in [0, 0.1) is 0 Å². The SMILES string of the molecule is CCCCOCCOCCN=C(NCC)NCCc1cccc(O)c1. The molecule has 0 radical (unpaired) electrons. The molecular weight excluding hydrogens is 318 g/mol. The van der Waals surface area contributed by atoms with Gasteiger partial charge in [0.2, 0.25) is 0 Å². The van der Waals surface area contributed by atoms with Crippen LogP contribution in [0.5, 0.6) is 5.75 Å². The smallest absolute Gasteiger partial charge is 0.191 e. The van der Waals surface area contributed by atoms with Gasteiger partial charge >= 0.3 is 0 Å². The van der Waals surface area contributed by atoms with E-state index in [1.54, 1.807) is 12.1 Å². The van der Waals surface area contributed by atoms with Crippen LogP contribution in [-0.2, 0) is 15.9 Å². The van der Waals surface area contributed by atoms with Crippen LogP contribution >= 0.6 is 0 Å². The number of rotatable bonds is 13. The zero-order valence-electron chi connectivity index (χ0n) is 15.6. The minimum atomic E-state index is 0.300. The monoisotopic (exact) mass is 351 g/mol. The highest BCUT2D eigenvalue weighted by Crippen LogP contribution is 2.10. The van der Waals surface area contributed by atoms with E-state index in [0.717, 1.165) is 50.5 Å². The van der Waals surface area contributed by atoms with E-state index in [1.165, 1.54) is 0 Å². The fraction of sp³-hybridized carbons (Fsp3) is 0.632. The van der Waals surface area contributed by atoms with E-state index in [-0.39, 0.29) is 0 Å². The van der Waals surface area contributed by atoms with Crippen LogP contribution in [0.1, 0.15) is 32.3 Å². The minimum Gasteiger partial charge on any atom is -0.508 e. The summed E-state index contributed by atoms with van der Waals surface area (Å²) in [5.74, 6) is 1.08. The molecule has 0 saturated heterocycles. The van der Waals surface area contributed by atoms with Crippen LogP contribution in [0.25, 0.3) is 0 Å². The first-order valence-corrected chi connectivity index (χ1v) is 9.21. The number of unbranched alkanes of at least 4 members (excludes halogenated alkanes) is 1. The number of nitrogens with one attached hydrogen (secondary N) is 2. The van der Waals surface area contributed by atoms with Gasteiger partial charge in [-0.1, -0.05) is 25.5 Å². The van der Waals surface area contributed by atoms with E-state index in [0.29, 0.717) is 32.1 Å². The van der Waals surface area contributed by atoms with E-state index in [1.807, 2.05) is 19.1 Å². The molecule has 0 atom stereocenters. The Labute approximate surface area is 151 Å². The standard InChI is InChI=1S/C19H33N3O3/c1-3-5-12-24-14-15-25-13-11-22-19(20-4-2)21-10-9-17-7-6-8-18(23)16-17/h6-8,16,23H,3-5,9-15H2,1-2H3,(H2,20,21,22). The average molecular weight is 351 g/mol. The van der Waals surface area contributed by atoms with Crippen molar-refractivity contribution >= 4 is 5.96 Å². The van der Waals surface area contributed by atoms with Crippen LogP contribution in [-0.4, -0.2) is 57.1 Å². The first-order valence-electron chi connectivity index (χ1n) is 9.21. The molecule has 0 unspecified atom stereocenters. The molecule has 0 aliphatic heterocycles. The summed E-state index contributed by atoms with van der Waals surface area (Å²) in [4.78, 5) is 4.49. The molecule has 0 fully saturated rings. The van der Waals surface area contributed by atoms with Crippen molar-refractivity contribution in [3.8, 4) is 5.75 Å². The number of aromatic hydroxyl groups is 1. The molecule has 3 N–H and O–H groups in total. The van der Waals surface area contributed by atoms with Gasteiger partial charge in [-0.05, 0) is 37.5 Å².